The highest BCUT2D eigenvalue weighted by molar-refractivity contribution is 5.93. The summed E-state index contributed by atoms with van der Waals surface area (Å²) in [6.45, 7) is 5.35. The van der Waals surface area contributed by atoms with Gasteiger partial charge in [0.15, 0.2) is 5.78 Å². The van der Waals surface area contributed by atoms with E-state index in [1.54, 1.807) is 20.8 Å². The molecule has 0 aromatic rings. The van der Waals surface area contributed by atoms with Crippen LogP contribution in [0.1, 0.15) is 33.6 Å². The zero-order valence-corrected chi connectivity index (χ0v) is 8.22. The first-order chi connectivity index (χ1) is 5.89. The summed E-state index contributed by atoms with van der Waals surface area (Å²) in [7, 11) is 0. The second-order valence-electron chi connectivity index (χ2n) is 4.22. The Morgan fingerprint density at radius 1 is 1.38 bits per heavy atom. The van der Waals surface area contributed by atoms with E-state index in [9.17, 15) is 9.59 Å². The average molecular weight is 182 g/mol. The molecular weight excluding hydrogens is 168 g/mol. The second-order valence-corrected chi connectivity index (χ2v) is 4.22. The zero-order valence-electron chi connectivity index (χ0n) is 8.22. The Balaban J connectivity index is 2.56. The highest BCUT2D eigenvalue weighted by atomic mass is 16.5. The van der Waals surface area contributed by atoms with Crippen molar-refractivity contribution in [1.29, 1.82) is 0 Å². The summed E-state index contributed by atoms with van der Waals surface area (Å²) in [5.74, 6) is 0.259. The smallest absolute Gasteiger partial charge is 0.316 e. The van der Waals surface area contributed by atoms with Gasteiger partial charge in [0.2, 0.25) is 0 Å². The van der Waals surface area contributed by atoms with Gasteiger partial charge < -0.3 is 4.74 Å². The minimum Gasteiger partial charge on any atom is -0.431 e. The third-order valence-corrected chi connectivity index (χ3v) is 1.78. The first-order valence-electron chi connectivity index (χ1n) is 4.35. The highest BCUT2D eigenvalue weighted by Crippen LogP contribution is 2.22. The van der Waals surface area contributed by atoms with Crippen LogP contribution in [-0.2, 0) is 14.3 Å². The Morgan fingerprint density at radius 2 is 2.00 bits per heavy atom. The Hall–Kier alpha value is -1.12. The van der Waals surface area contributed by atoms with Crippen molar-refractivity contribution in [1.82, 2.24) is 0 Å². The molecule has 0 atom stereocenters. The van der Waals surface area contributed by atoms with Gasteiger partial charge in [0.25, 0.3) is 0 Å². The van der Waals surface area contributed by atoms with Gasteiger partial charge in [-0.2, -0.15) is 0 Å². The predicted molar refractivity (Wildman–Crippen MR) is 47.9 cm³/mol. The van der Waals surface area contributed by atoms with E-state index in [-0.39, 0.29) is 11.8 Å². The predicted octanol–water partition coefficient (Wildman–Crippen LogP) is 1.82. The van der Waals surface area contributed by atoms with E-state index in [1.165, 1.54) is 6.08 Å². The maximum Gasteiger partial charge on any atom is 0.316 e. The number of allylic oxidation sites excluding steroid dienone is 2. The molecule has 0 aromatic heterocycles. The molecule has 0 amide bonds. The van der Waals surface area contributed by atoms with E-state index in [0.29, 0.717) is 18.6 Å². The first-order valence-corrected chi connectivity index (χ1v) is 4.35. The number of hydrogen-bond donors (Lipinski definition) is 0. The van der Waals surface area contributed by atoms with Gasteiger partial charge in [-0.15, -0.1) is 0 Å². The number of ketones is 1. The molecule has 0 heterocycles. The second kappa shape index (κ2) is 3.32. The van der Waals surface area contributed by atoms with Crippen LogP contribution in [0.25, 0.3) is 0 Å². The Bertz CT molecular complexity index is 268. The molecule has 0 aromatic carbocycles. The molecule has 0 unspecified atom stereocenters. The first kappa shape index (κ1) is 9.96. The molecule has 0 radical (unpaired) electrons. The highest BCUT2D eigenvalue weighted by Gasteiger charge is 2.26. The van der Waals surface area contributed by atoms with Gasteiger partial charge in [0.1, 0.15) is 5.76 Å². The SMILES string of the molecule is CC(C)(C)C(=O)OC1=CC(=O)CC1. The lowest BCUT2D eigenvalue weighted by atomic mass is 9.97. The topological polar surface area (TPSA) is 43.4 Å². The fraction of sp³-hybridized carbons (Fsp3) is 0.600. The third-order valence-electron chi connectivity index (χ3n) is 1.78. The lowest BCUT2D eigenvalue weighted by molar-refractivity contribution is -0.148. The molecule has 0 fully saturated rings. The average Bonchev–Trinajstić information content (AvgIpc) is 2.33. The Morgan fingerprint density at radius 3 is 2.38 bits per heavy atom. The van der Waals surface area contributed by atoms with Crippen LogP contribution in [0.3, 0.4) is 0 Å². The van der Waals surface area contributed by atoms with Crippen LogP contribution in [0.15, 0.2) is 11.8 Å². The minimum atomic E-state index is -0.507. The molecule has 0 spiro atoms. The molecule has 0 saturated heterocycles. The van der Waals surface area contributed by atoms with Crippen molar-refractivity contribution in [2.75, 3.05) is 0 Å². The normalized spacial score (nSPS) is 17.2. The molecule has 3 nitrogen and oxygen atoms in total. The van der Waals surface area contributed by atoms with Crippen molar-refractivity contribution < 1.29 is 14.3 Å². The van der Waals surface area contributed by atoms with Gasteiger partial charge in [-0.05, 0) is 20.8 Å². The van der Waals surface area contributed by atoms with Gasteiger partial charge in [0, 0.05) is 18.9 Å². The van der Waals surface area contributed by atoms with E-state index >= 15 is 0 Å². The van der Waals surface area contributed by atoms with Crippen molar-refractivity contribution >= 4 is 11.8 Å². The minimum absolute atomic E-state index is 0.0386. The van der Waals surface area contributed by atoms with Gasteiger partial charge in [-0.1, -0.05) is 0 Å². The van der Waals surface area contributed by atoms with E-state index < -0.39 is 5.41 Å². The van der Waals surface area contributed by atoms with E-state index in [4.69, 9.17) is 4.74 Å². The van der Waals surface area contributed by atoms with Gasteiger partial charge in [0.05, 0.1) is 5.41 Å². The van der Waals surface area contributed by atoms with Crippen LogP contribution in [-0.4, -0.2) is 11.8 Å². The molecule has 0 aliphatic heterocycles. The summed E-state index contributed by atoms with van der Waals surface area (Å²) in [6.07, 6.45) is 2.43. The lowest BCUT2D eigenvalue weighted by Gasteiger charge is -2.16. The van der Waals surface area contributed by atoms with Crippen molar-refractivity contribution in [2.45, 2.75) is 33.6 Å². The molecule has 0 saturated carbocycles. The lowest BCUT2D eigenvalue weighted by Crippen LogP contribution is -2.22. The zero-order chi connectivity index (χ0) is 10.1. The van der Waals surface area contributed by atoms with E-state index in [0.717, 1.165) is 0 Å². The maximum atomic E-state index is 11.4. The number of ether oxygens (including phenoxy) is 1. The van der Waals surface area contributed by atoms with Gasteiger partial charge in [-0.3, -0.25) is 9.59 Å². The van der Waals surface area contributed by atoms with Crippen LogP contribution in [0.2, 0.25) is 0 Å². The fourth-order valence-electron chi connectivity index (χ4n) is 0.923. The fourth-order valence-corrected chi connectivity index (χ4v) is 0.923. The van der Waals surface area contributed by atoms with Crippen molar-refractivity contribution in [3.63, 3.8) is 0 Å². The van der Waals surface area contributed by atoms with Crippen LogP contribution in [0, 0.1) is 5.41 Å². The quantitative estimate of drug-likeness (QED) is 0.581. The Kier molecular flexibility index (Phi) is 2.55. The van der Waals surface area contributed by atoms with Crippen LogP contribution in [0.4, 0.5) is 0 Å². The standard InChI is InChI=1S/C10H14O3/c1-10(2,3)9(12)13-8-5-4-7(11)6-8/h6H,4-5H2,1-3H3. The van der Waals surface area contributed by atoms with Crippen LogP contribution < -0.4 is 0 Å². The number of carbonyl (C=O) groups is 2. The summed E-state index contributed by atoms with van der Waals surface area (Å²) in [6, 6.07) is 0. The van der Waals surface area contributed by atoms with Crippen LogP contribution >= 0.6 is 0 Å². The summed E-state index contributed by atoms with van der Waals surface area (Å²) in [4.78, 5) is 22.2. The monoisotopic (exact) mass is 182 g/mol. The largest absolute Gasteiger partial charge is 0.431 e. The third kappa shape index (κ3) is 2.68. The molecule has 72 valence electrons. The number of hydrogen-bond acceptors (Lipinski definition) is 3. The van der Waals surface area contributed by atoms with Crippen molar-refractivity contribution in [2.24, 2.45) is 5.41 Å². The van der Waals surface area contributed by atoms with E-state index in [1.807, 2.05) is 0 Å². The summed E-state index contributed by atoms with van der Waals surface area (Å²) in [5.41, 5.74) is -0.507. The van der Waals surface area contributed by atoms with Crippen molar-refractivity contribution in [3.05, 3.63) is 11.8 Å². The van der Waals surface area contributed by atoms with Gasteiger partial charge >= 0.3 is 5.97 Å². The molecule has 3 heteroatoms. The number of carbonyl (C=O) groups excluding carboxylic acids is 2. The molecule has 1 aliphatic carbocycles. The number of esters is 1. The number of rotatable bonds is 1. The molecule has 1 rings (SSSR count). The Labute approximate surface area is 77.8 Å². The summed E-state index contributed by atoms with van der Waals surface area (Å²) < 4.78 is 5.05. The summed E-state index contributed by atoms with van der Waals surface area (Å²) >= 11 is 0. The van der Waals surface area contributed by atoms with Crippen LogP contribution in [0.5, 0.6) is 0 Å². The van der Waals surface area contributed by atoms with Gasteiger partial charge in [-0.25, -0.2) is 0 Å². The summed E-state index contributed by atoms with van der Waals surface area (Å²) in [5, 5.41) is 0. The molecule has 13 heavy (non-hydrogen) atoms. The molecule has 0 bridgehead atoms. The molecule has 1 aliphatic rings. The van der Waals surface area contributed by atoms with E-state index in [2.05, 4.69) is 0 Å². The van der Waals surface area contributed by atoms with Crippen molar-refractivity contribution in [3.8, 4) is 0 Å². The molecular formula is C10H14O3. The maximum absolute atomic E-state index is 11.4. The molecule has 0 N–H and O–H groups in total.